The number of aryl methyl sites for hydroxylation is 1. The lowest BCUT2D eigenvalue weighted by Crippen LogP contribution is -1.93. The van der Waals surface area contributed by atoms with E-state index in [1.54, 1.807) is 6.07 Å². The Hall–Kier alpha value is -2.08. The van der Waals surface area contributed by atoms with Gasteiger partial charge in [0.15, 0.2) is 0 Å². The van der Waals surface area contributed by atoms with Crippen LogP contribution in [-0.4, -0.2) is 11.6 Å². The molecule has 16 heavy (non-hydrogen) atoms. The van der Waals surface area contributed by atoms with Crippen LogP contribution in [0.5, 0.6) is 5.75 Å². The molecule has 0 atom stereocenters. The Balaban J connectivity index is 2.62. The van der Waals surface area contributed by atoms with E-state index in [1.807, 2.05) is 32.0 Å². The van der Waals surface area contributed by atoms with Crippen LogP contribution in [0.25, 0.3) is 10.9 Å². The number of hydrogen-bond donors (Lipinski definition) is 0. The Morgan fingerprint density at radius 3 is 2.88 bits per heavy atom. The van der Waals surface area contributed by atoms with Crippen molar-refractivity contribution in [2.75, 3.05) is 6.61 Å². The number of nitrogens with zero attached hydrogens (tertiary/aromatic N) is 2. The quantitative estimate of drug-likeness (QED) is 0.768. The fourth-order valence-electron chi connectivity index (χ4n) is 1.69. The number of fused-ring (bicyclic) bond motifs is 1. The number of ether oxygens (including phenoxy) is 1. The van der Waals surface area contributed by atoms with Crippen molar-refractivity contribution in [3.8, 4) is 11.8 Å². The van der Waals surface area contributed by atoms with Crippen LogP contribution >= 0.6 is 0 Å². The topological polar surface area (TPSA) is 45.9 Å². The van der Waals surface area contributed by atoms with Gasteiger partial charge in [0.1, 0.15) is 17.5 Å². The molecule has 3 nitrogen and oxygen atoms in total. The van der Waals surface area contributed by atoms with Gasteiger partial charge >= 0.3 is 0 Å². The number of rotatable bonds is 2. The minimum absolute atomic E-state index is 0.453. The van der Waals surface area contributed by atoms with Gasteiger partial charge in [0.25, 0.3) is 0 Å². The number of pyridine rings is 1. The van der Waals surface area contributed by atoms with Crippen molar-refractivity contribution < 1.29 is 4.74 Å². The maximum absolute atomic E-state index is 8.82. The molecule has 0 unspecified atom stereocenters. The Morgan fingerprint density at radius 2 is 2.19 bits per heavy atom. The largest absolute Gasteiger partial charge is 0.494 e. The Labute approximate surface area is 94.3 Å². The maximum Gasteiger partial charge on any atom is 0.141 e. The molecule has 1 heterocycles. The maximum atomic E-state index is 8.82. The van der Waals surface area contributed by atoms with Gasteiger partial charge in [0.05, 0.1) is 12.1 Å². The van der Waals surface area contributed by atoms with E-state index in [0.717, 1.165) is 22.2 Å². The highest BCUT2D eigenvalue weighted by molar-refractivity contribution is 5.84. The zero-order chi connectivity index (χ0) is 11.5. The van der Waals surface area contributed by atoms with Gasteiger partial charge in [-0.2, -0.15) is 5.26 Å². The molecule has 0 bridgehead atoms. The average Bonchev–Trinajstić information content (AvgIpc) is 2.30. The summed E-state index contributed by atoms with van der Waals surface area (Å²) < 4.78 is 5.43. The summed E-state index contributed by atoms with van der Waals surface area (Å²) in [5.41, 5.74) is 2.33. The second-order valence-corrected chi connectivity index (χ2v) is 3.55. The third-order valence-corrected chi connectivity index (χ3v) is 2.41. The standard InChI is InChI=1S/C13H12N2O/c1-3-16-11-4-5-13-12(7-11)9(2)6-10(8-14)15-13/h4-7H,3H2,1-2H3. The zero-order valence-corrected chi connectivity index (χ0v) is 9.32. The molecule has 3 heteroatoms. The van der Waals surface area contributed by atoms with Gasteiger partial charge in [-0.25, -0.2) is 4.98 Å². The molecule has 0 amide bonds. The monoisotopic (exact) mass is 212 g/mol. The highest BCUT2D eigenvalue weighted by atomic mass is 16.5. The Bertz CT molecular complexity index is 570. The van der Waals surface area contributed by atoms with Gasteiger partial charge < -0.3 is 4.74 Å². The predicted octanol–water partition coefficient (Wildman–Crippen LogP) is 2.81. The second kappa shape index (κ2) is 4.19. The van der Waals surface area contributed by atoms with Gasteiger partial charge in [-0.05, 0) is 43.7 Å². The average molecular weight is 212 g/mol. The van der Waals surface area contributed by atoms with E-state index >= 15 is 0 Å². The summed E-state index contributed by atoms with van der Waals surface area (Å²) in [4.78, 5) is 4.24. The highest BCUT2D eigenvalue weighted by Gasteiger charge is 2.03. The van der Waals surface area contributed by atoms with Crippen molar-refractivity contribution in [2.45, 2.75) is 13.8 Å². The minimum atomic E-state index is 0.453. The number of aromatic nitrogens is 1. The summed E-state index contributed by atoms with van der Waals surface area (Å²) in [5, 5.41) is 9.86. The lowest BCUT2D eigenvalue weighted by Gasteiger charge is -2.06. The van der Waals surface area contributed by atoms with Crippen LogP contribution in [0, 0.1) is 18.3 Å². The molecule has 0 radical (unpaired) electrons. The molecule has 2 aromatic rings. The molecule has 2 rings (SSSR count). The molecule has 0 aliphatic carbocycles. The molecule has 1 aromatic carbocycles. The van der Waals surface area contributed by atoms with Crippen LogP contribution in [0.15, 0.2) is 24.3 Å². The van der Waals surface area contributed by atoms with Crippen molar-refractivity contribution in [1.29, 1.82) is 5.26 Å². The fraction of sp³-hybridized carbons (Fsp3) is 0.231. The number of hydrogen-bond acceptors (Lipinski definition) is 3. The highest BCUT2D eigenvalue weighted by Crippen LogP contribution is 2.23. The lowest BCUT2D eigenvalue weighted by molar-refractivity contribution is 0.340. The van der Waals surface area contributed by atoms with Gasteiger partial charge in [0, 0.05) is 5.39 Å². The van der Waals surface area contributed by atoms with Gasteiger partial charge in [-0.15, -0.1) is 0 Å². The molecule has 0 fully saturated rings. The first-order valence-corrected chi connectivity index (χ1v) is 5.19. The first kappa shape index (κ1) is 10.4. The van der Waals surface area contributed by atoms with Crippen molar-refractivity contribution >= 4 is 10.9 Å². The molecular formula is C13H12N2O. The van der Waals surface area contributed by atoms with Gasteiger partial charge in [-0.1, -0.05) is 0 Å². The molecule has 1 aromatic heterocycles. The third kappa shape index (κ3) is 1.82. The lowest BCUT2D eigenvalue weighted by atomic mass is 10.1. The summed E-state index contributed by atoms with van der Waals surface area (Å²) in [7, 11) is 0. The molecule has 0 spiro atoms. The van der Waals surface area contributed by atoms with E-state index in [9.17, 15) is 0 Å². The SMILES string of the molecule is CCOc1ccc2nc(C#N)cc(C)c2c1. The summed E-state index contributed by atoms with van der Waals surface area (Å²) in [6.45, 7) is 4.57. The normalized spacial score (nSPS) is 10.1. The summed E-state index contributed by atoms with van der Waals surface area (Å²) in [6, 6.07) is 9.57. The molecule has 0 saturated carbocycles. The smallest absolute Gasteiger partial charge is 0.141 e. The summed E-state index contributed by atoms with van der Waals surface area (Å²) >= 11 is 0. The van der Waals surface area contributed by atoms with Crippen LogP contribution in [-0.2, 0) is 0 Å². The van der Waals surface area contributed by atoms with Crippen LogP contribution in [0.3, 0.4) is 0 Å². The van der Waals surface area contributed by atoms with Gasteiger partial charge in [0.2, 0.25) is 0 Å². The van der Waals surface area contributed by atoms with Crippen molar-refractivity contribution in [2.24, 2.45) is 0 Å². The van der Waals surface area contributed by atoms with E-state index in [4.69, 9.17) is 10.00 Å². The van der Waals surface area contributed by atoms with E-state index in [0.29, 0.717) is 12.3 Å². The molecule has 80 valence electrons. The zero-order valence-electron chi connectivity index (χ0n) is 9.32. The van der Waals surface area contributed by atoms with Gasteiger partial charge in [-0.3, -0.25) is 0 Å². The van der Waals surface area contributed by atoms with Crippen molar-refractivity contribution in [1.82, 2.24) is 4.98 Å². The van der Waals surface area contributed by atoms with E-state index < -0.39 is 0 Å². The van der Waals surface area contributed by atoms with Crippen LogP contribution in [0.2, 0.25) is 0 Å². The van der Waals surface area contributed by atoms with Crippen LogP contribution < -0.4 is 4.74 Å². The van der Waals surface area contributed by atoms with Crippen LogP contribution in [0.1, 0.15) is 18.2 Å². The Morgan fingerprint density at radius 1 is 1.38 bits per heavy atom. The summed E-state index contributed by atoms with van der Waals surface area (Å²) in [6.07, 6.45) is 0. The molecular weight excluding hydrogens is 200 g/mol. The summed E-state index contributed by atoms with van der Waals surface area (Å²) in [5.74, 6) is 0.838. The van der Waals surface area contributed by atoms with Crippen LogP contribution in [0.4, 0.5) is 0 Å². The second-order valence-electron chi connectivity index (χ2n) is 3.55. The minimum Gasteiger partial charge on any atom is -0.494 e. The number of nitriles is 1. The fourth-order valence-corrected chi connectivity index (χ4v) is 1.69. The van der Waals surface area contributed by atoms with E-state index in [2.05, 4.69) is 11.1 Å². The Kier molecular flexibility index (Phi) is 2.74. The van der Waals surface area contributed by atoms with Crippen molar-refractivity contribution in [3.05, 3.63) is 35.5 Å². The van der Waals surface area contributed by atoms with E-state index in [1.165, 1.54) is 0 Å². The first-order chi connectivity index (χ1) is 7.74. The molecule has 0 aliphatic rings. The van der Waals surface area contributed by atoms with E-state index in [-0.39, 0.29) is 0 Å². The van der Waals surface area contributed by atoms with Crippen molar-refractivity contribution in [3.63, 3.8) is 0 Å². The third-order valence-electron chi connectivity index (χ3n) is 2.41. The first-order valence-electron chi connectivity index (χ1n) is 5.19. The molecule has 0 N–H and O–H groups in total. The molecule has 0 saturated heterocycles. The molecule has 0 aliphatic heterocycles. The predicted molar refractivity (Wildman–Crippen MR) is 62.4 cm³/mol. The number of benzene rings is 1.